The maximum atomic E-state index is 14.1. The summed E-state index contributed by atoms with van der Waals surface area (Å²) in [6.45, 7) is 5.88. The van der Waals surface area contributed by atoms with E-state index in [0.29, 0.717) is 5.82 Å². The molecule has 1 atom stereocenters. The highest BCUT2D eigenvalue weighted by molar-refractivity contribution is 6.03. The first-order valence-corrected chi connectivity index (χ1v) is 8.27. The van der Waals surface area contributed by atoms with E-state index in [0.717, 1.165) is 5.56 Å². The highest BCUT2D eigenvalue weighted by Crippen LogP contribution is 2.28. The van der Waals surface area contributed by atoms with Gasteiger partial charge in [0.1, 0.15) is 11.6 Å². The van der Waals surface area contributed by atoms with Gasteiger partial charge >= 0.3 is 0 Å². The second-order valence-corrected chi connectivity index (χ2v) is 6.60. The Hall–Kier alpha value is -2.70. The quantitative estimate of drug-likeness (QED) is 0.927. The molecule has 1 aliphatic heterocycles. The van der Waals surface area contributed by atoms with Gasteiger partial charge in [-0.2, -0.15) is 5.10 Å². The smallest absolute Gasteiger partial charge is 0.230 e. The normalized spacial score (nSPS) is 17.4. The van der Waals surface area contributed by atoms with E-state index in [9.17, 15) is 14.0 Å². The Morgan fingerprint density at radius 2 is 2.12 bits per heavy atom. The lowest BCUT2D eigenvalue weighted by Gasteiger charge is -2.18. The highest BCUT2D eigenvalue weighted by atomic mass is 19.1. The maximum Gasteiger partial charge on any atom is 0.230 e. The fourth-order valence-electron chi connectivity index (χ4n) is 3.00. The number of nitrogens with zero attached hydrogens (tertiary/aromatic N) is 3. The molecular formula is C18H21FN4O2. The molecule has 1 saturated heterocycles. The van der Waals surface area contributed by atoms with Gasteiger partial charge in [0.2, 0.25) is 11.8 Å². The number of aryl methyl sites for hydroxylation is 1. The average molecular weight is 344 g/mol. The van der Waals surface area contributed by atoms with Crippen molar-refractivity contribution in [2.24, 2.45) is 5.92 Å². The minimum Gasteiger partial charge on any atom is -0.311 e. The Bertz CT molecular complexity index is 815. The van der Waals surface area contributed by atoms with E-state index in [2.05, 4.69) is 10.4 Å². The fraction of sp³-hybridized carbons (Fsp3) is 0.389. The molecule has 1 aliphatic rings. The summed E-state index contributed by atoms with van der Waals surface area (Å²) in [6.07, 6.45) is 1.68. The molecule has 6 nitrogen and oxygen atoms in total. The lowest BCUT2D eigenvalue weighted by molar-refractivity contribution is -0.122. The summed E-state index contributed by atoms with van der Waals surface area (Å²) in [5.41, 5.74) is 1.00. The lowest BCUT2D eigenvalue weighted by Crippen LogP contribution is -2.29. The molecule has 0 spiro atoms. The molecule has 2 amide bonds. The zero-order valence-corrected chi connectivity index (χ0v) is 14.5. The van der Waals surface area contributed by atoms with Crippen molar-refractivity contribution in [3.05, 3.63) is 41.8 Å². The Morgan fingerprint density at radius 1 is 1.36 bits per heavy atom. The third-order valence-corrected chi connectivity index (χ3v) is 4.30. The standard InChI is InChI=1S/C18H21FN4O2/c1-11(2)23-16(6-7-20-23)21-18(25)13-9-17(24)22(10-13)15-5-4-12(3)8-14(15)19/h4-8,11,13H,9-10H2,1-3H3,(H,21,25)/t13-/m0/s1. The Kier molecular flexibility index (Phi) is 4.57. The first kappa shape index (κ1) is 17.1. The van der Waals surface area contributed by atoms with Crippen LogP contribution >= 0.6 is 0 Å². The third-order valence-electron chi connectivity index (χ3n) is 4.30. The minimum absolute atomic E-state index is 0.0644. The van der Waals surface area contributed by atoms with Crippen molar-refractivity contribution in [3.63, 3.8) is 0 Å². The molecule has 1 aromatic carbocycles. The number of rotatable bonds is 4. The van der Waals surface area contributed by atoms with Crippen LogP contribution in [0.3, 0.4) is 0 Å². The van der Waals surface area contributed by atoms with Gasteiger partial charge in [-0.05, 0) is 38.5 Å². The second kappa shape index (κ2) is 6.66. The summed E-state index contributed by atoms with van der Waals surface area (Å²) in [6, 6.07) is 6.54. The number of hydrogen-bond donors (Lipinski definition) is 1. The van der Waals surface area contributed by atoms with Gasteiger partial charge in [0.05, 0.1) is 17.8 Å². The number of carbonyl (C=O) groups is 2. The third kappa shape index (κ3) is 3.40. The predicted molar refractivity (Wildman–Crippen MR) is 92.8 cm³/mol. The molecule has 0 aliphatic carbocycles. The van der Waals surface area contributed by atoms with E-state index < -0.39 is 11.7 Å². The molecule has 1 aromatic heterocycles. The first-order chi connectivity index (χ1) is 11.9. The number of nitrogens with one attached hydrogen (secondary N) is 1. The first-order valence-electron chi connectivity index (χ1n) is 8.27. The highest BCUT2D eigenvalue weighted by Gasteiger charge is 2.36. The Labute approximate surface area is 145 Å². The van der Waals surface area contributed by atoms with Crippen LogP contribution in [0.5, 0.6) is 0 Å². The van der Waals surface area contributed by atoms with Crippen LogP contribution in [0, 0.1) is 18.7 Å². The number of benzene rings is 1. The largest absolute Gasteiger partial charge is 0.311 e. The molecule has 7 heteroatoms. The van der Waals surface area contributed by atoms with Gasteiger partial charge in [-0.25, -0.2) is 9.07 Å². The SMILES string of the molecule is Cc1ccc(N2C[C@@H](C(=O)Nc3ccnn3C(C)C)CC2=O)c(F)c1. The van der Waals surface area contributed by atoms with Gasteiger partial charge < -0.3 is 10.2 Å². The lowest BCUT2D eigenvalue weighted by atomic mass is 10.1. The summed E-state index contributed by atoms with van der Waals surface area (Å²) in [5.74, 6) is -0.894. The van der Waals surface area contributed by atoms with E-state index in [1.807, 2.05) is 13.8 Å². The number of anilines is 2. The zero-order valence-electron chi connectivity index (χ0n) is 14.5. The maximum absolute atomic E-state index is 14.1. The molecule has 1 fully saturated rings. The van der Waals surface area contributed by atoms with Crippen LogP contribution in [0.2, 0.25) is 0 Å². The molecular weight excluding hydrogens is 323 g/mol. The van der Waals surface area contributed by atoms with Crippen molar-refractivity contribution in [1.82, 2.24) is 9.78 Å². The molecule has 1 N–H and O–H groups in total. The van der Waals surface area contributed by atoms with Crippen molar-refractivity contribution in [3.8, 4) is 0 Å². The summed E-state index contributed by atoms with van der Waals surface area (Å²) in [5, 5.41) is 6.99. The second-order valence-electron chi connectivity index (χ2n) is 6.60. The van der Waals surface area contributed by atoms with Crippen molar-refractivity contribution in [2.45, 2.75) is 33.2 Å². The number of carbonyl (C=O) groups excluding carboxylic acids is 2. The minimum atomic E-state index is -0.524. The molecule has 3 rings (SSSR count). The molecule has 0 unspecified atom stereocenters. The molecule has 132 valence electrons. The van der Waals surface area contributed by atoms with E-state index in [-0.39, 0.29) is 36.5 Å². The van der Waals surface area contributed by atoms with Crippen LogP contribution in [-0.4, -0.2) is 28.1 Å². The predicted octanol–water partition coefficient (Wildman–Crippen LogP) is 2.90. The topological polar surface area (TPSA) is 67.2 Å². The number of halogens is 1. The summed E-state index contributed by atoms with van der Waals surface area (Å²) < 4.78 is 15.8. The van der Waals surface area contributed by atoms with Gasteiger partial charge in [0.25, 0.3) is 0 Å². The van der Waals surface area contributed by atoms with Crippen LogP contribution < -0.4 is 10.2 Å². The van der Waals surface area contributed by atoms with Crippen LogP contribution in [0.4, 0.5) is 15.9 Å². The van der Waals surface area contributed by atoms with Crippen LogP contribution in [0.15, 0.2) is 30.5 Å². The number of hydrogen-bond acceptors (Lipinski definition) is 3. The van der Waals surface area contributed by atoms with E-state index >= 15 is 0 Å². The molecule has 0 bridgehead atoms. The van der Waals surface area contributed by atoms with Crippen molar-refractivity contribution >= 4 is 23.3 Å². The van der Waals surface area contributed by atoms with Crippen LogP contribution in [0.1, 0.15) is 31.9 Å². The zero-order chi connectivity index (χ0) is 18.1. The molecule has 2 heterocycles. The number of amides is 2. The molecule has 2 aromatic rings. The van der Waals surface area contributed by atoms with Gasteiger partial charge in [-0.15, -0.1) is 0 Å². The number of aromatic nitrogens is 2. The fourth-order valence-corrected chi connectivity index (χ4v) is 3.00. The van der Waals surface area contributed by atoms with Crippen molar-refractivity contribution < 1.29 is 14.0 Å². The Morgan fingerprint density at radius 3 is 2.80 bits per heavy atom. The van der Waals surface area contributed by atoms with E-state index in [1.165, 1.54) is 11.0 Å². The van der Waals surface area contributed by atoms with E-state index in [4.69, 9.17) is 0 Å². The van der Waals surface area contributed by atoms with Gasteiger partial charge in [-0.1, -0.05) is 6.07 Å². The van der Waals surface area contributed by atoms with Gasteiger partial charge in [-0.3, -0.25) is 9.59 Å². The summed E-state index contributed by atoms with van der Waals surface area (Å²) in [4.78, 5) is 26.1. The summed E-state index contributed by atoms with van der Waals surface area (Å²) >= 11 is 0. The van der Waals surface area contributed by atoms with Crippen molar-refractivity contribution in [1.29, 1.82) is 0 Å². The summed E-state index contributed by atoms with van der Waals surface area (Å²) in [7, 11) is 0. The molecule has 0 radical (unpaired) electrons. The van der Waals surface area contributed by atoms with Crippen LogP contribution in [0.25, 0.3) is 0 Å². The molecule has 0 saturated carbocycles. The molecule has 25 heavy (non-hydrogen) atoms. The van der Waals surface area contributed by atoms with Crippen LogP contribution in [-0.2, 0) is 9.59 Å². The van der Waals surface area contributed by atoms with E-state index in [1.54, 1.807) is 36.0 Å². The average Bonchev–Trinajstić information content (AvgIpc) is 3.14. The van der Waals surface area contributed by atoms with Gasteiger partial charge in [0.15, 0.2) is 0 Å². The van der Waals surface area contributed by atoms with Gasteiger partial charge in [0, 0.05) is 25.1 Å². The monoisotopic (exact) mass is 344 g/mol. The Balaban J connectivity index is 1.73. The van der Waals surface area contributed by atoms with Crippen molar-refractivity contribution in [2.75, 3.05) is 16.8 Å².